The maximum absolute atomic E-state index is 10.7. The number of unbranched alkanes of at least 4 members (excludes halogenated alkanes) is 1. The molecule has 0 aromatic rings. The summed E-state index contributed by atoms with van der Waals surface area (Å²) in [7, 11) is -8.54. The first-order valence-electron chi connectivity index (χ1n) is 5.43. The summed E-state index contributed by atoms with van der Waals surface area (Å²) in [6.07, 6.45) is 7.45. The van der Waals surface area contributed by atoms with Crippen LogP contribution in [0.25, 0.3) is 0 Å². The molecule has 0 fully saturated rings. The Balaban J connectivity index is 0.000000360. The zero-order valence-corrected chi connectivity index (χ0v) is 11.4. The number of hydrogen-bond donors (Lipinski definition) is 0. The minimum atomic E-state index is -10.7. The molecule has 0 spiro atoms. The van der Waals surface area contributed by atoms with Gasteiger partial charge in [0.2, 0.25) is 0 Å². The summed E-state index contributed by atoms with van der Waals surface area (Å²) in [5.41, 5.74) is 0. The third kappa shape index (κ3) is 11.8. The van der Waals surface area contributed by atoms with Crippen LogP contribution in [-0.2, 0) is 0 Å². The van der Waals surface area contributed by atoms with E-state index in [2.05, 4.69) is 43.1 Å². The van der Waals surface area contributed by atoms with Crippen LogP contribution in [0.5, 0.6) is 0 Å². The van der Waals surface area contributed by atoms with Gasteiger partial charge in [-0.15, -0.1) is 0 Å². The van der Waals surface area contributed by atoms with E-state index >= 15 is 0 Å². The number of nitrogens with zero attached hydrogens (tertiary/aromatic N) is 2. The number of halogens is 6. The van der Waals surface area contributed by atoms with Crippen LogP contribution in [0.2, 0.25) is 0 Å². The molecule has 1 aliphatic rings. The van der Waals surface area contributed by atoms with Gasteiger partial charge in [0.05, 0.1) is 6.17 Å². The Bertz CT molecular complexity index is 286. The van der Waals surface area contributed by atoms with Crippen LogP contribution in [0.15, 0.2) is 12.4 Å². The predicted molar refractivity (Wildman–Crippen MR) is 61.5 cm³/mol. The molecule has 0 radical (unpaired) electrons. The van der Waals surface area contributed by atoms with Crippen LogP contribution in [0.3, 0.4) is 0 Å². The molecular formula is C9H18F6N2P-. The Hall–Kier alpha value is -0.650. The van der Waals surface area contributed by atoms with Crippen LogP contribution >= 0.6 is 7.81 Å². The molecule has 1 aliphatic heterocycles. The van der Waals surface area contributed by atoms with Crippen LogP contribution in [0, 0.1) is 0 Å². The Morgan fingerprint density at radius 1 is 1.06 bits per heavy atom. The molecule has 2 nitrogen and oxygen atoms in total. The van der Waals surface area contributed by atoms with Crippen LogP contribution in [0.4, 0.5) is 25.2 Å². The number of rotatable bonds is 3. The molecule has 0 aromatic heterocycles. The Morgan fingerprint density at radius 3 is 1.78 bits per heavy atom. The van der Waals surface area contributed by atoms with Gasteiger partial charge >= 0.3 is 33.0 Å². The van der Waals surface area contributed by atoms with Gasteiger partial charge in [0, 0.05) is 26.0 Å². The Labute approximate surface area is 102 Å². The average molecular weight is 299 g/mol. The minimum absolute atomic E-state index is 0.557. The van der Waals surface area contributed by atoms with Gasteiger partial charge in [0.15, 0.2) is 0 Å². The first kappa shape index (κ1) is 17.4. The van der Waals surface area contributed by atoms with Gasteiger partial charge in [0.1, 0.15) is 0 Å². The number of hydrogen-bond acceptors (Lipinski definition) is 2. The molecule has 0 amide bonds. The SMILES string of the molecule is CCCCN1C=CN(C)C1C.F[P-](F)(F)(F)(F)F. The van der Waals surface area contributed by atoms with Crippen LogP contribution < -0.4 is 0 Å². The zero-order valence-electron chi connectivity index (χ0n) is 10.5. The van der Waals surface area contributed by atoms with E-state index in [9.17, 15) is 25.2 Å². The van der Waals surface area contributed by atoms with E-state index in [-0.39, 0.29) is 0 Å². The molecule has 9 heteroatoms. The summed E-state index contributed by atoms with van der Waals surface area (Å²) in [6.45, 7) is 5.66. The van der Waals surface area contributed by atoms with Crippen LogP contribution in [0.1, 0.15) is 26.7 Å². The molecule has 0 saturated carbocycles. The van der Waals surface area contributed by atoms with Gasteiger partial charge in [0.25, 0.3) is 0 Å². The molecule has 1 unspecified atom stereocenters. The van der Waals surface area contributed by atoms with Gasteiger partial charge in [-0.25, -0.2) is 0 Å². The fourth-order valence-electron chi connectivity index (χ4n) is 1.28. The molecular weight excluding hydrogens is 281 g/mol. The van der Waals surface area contributed by atoms with E-state index in [1.807, 2.05) is 0 Å². The molecule has 18 heavy (non-hydrogen) atoms. The van der Waals surface area contributed by atoms with Crippen molar-refractivity contribution in [3.05, 3.63) is 12.4 Å². The third-order valence-corrected chi connectivity index (χ3v) is 2.33. The molecule has 112 valence electrons. The zero-order chi connectivity index (χ0) is 14.7. The Kier molecular flexibility index (Phi) is 4.62. The summed E-state index contributed by atoms with van der Waals surface area (Å²) in [6, 6.07) is 0. The monoisotopic (exact) mass is 299 g/mol. The average Bonchev–Trinajstić information content (AvgIpc) is 2.40. The second-order valence-corrected chi connectivity index (χ2v) is 6.06. The summed E-state index contributed by atoms with van der Waals surface area (Å²) in [5, 5.41) is 0. The standard InChI is InChI=1S/C9H18N2.F6P/c1-4-5-6-11-8-7-10(3)9(11)2;1-7(2,3,4,5)6/h7-9H,4-6H2,1-3H3;/q;-1. The van der Waals surface area contributed by atoms with E-state index in [0.29, 0.717) is 6.17 Å². The molecule has 0 aromatic carbocycles. The van der Waals surface area contributed by atoms with Crippen molar-refractivity contribution in [1.29, 1.82) is 0 Å². The summed E-state index contributed by atoms with van der Waals surface area (Å²) in [5.74, 6) is 0. The fraction of sp³-hybridized carbons (Fsp3) is 0.778. The van der Waals surface area contributed by atoms with Crippen molar-refractivity contribution >= 4 is 7.81 Å². The second-order valence-electron chi connectivity index (χ2n) is 4.15. The molecule has 1 heterocycles. The molecule has 1 rings (SSSR count). The van der Waals surface area contributed by atoms with E-state index in [0.717, 1.165) is 0 Å². The summed E-state index contributed by atoms with van der Waals surface area (Å²) < 4.78 is 59.2. The van der Waals surface area contributed by atoms with E-state index < -0.39 is 7.81 Å². The molecule has 0 N–H and O–H groups in total. The summed E-state index contributed by atoms with van der Waals surface area (Å²) in [4.78, 5) is 4.61. The van der Waals surface area contributed by atoms with Crippen molar-refractivity contribution < 1.29 is 25.2 Å². The van der Waals surface area contributed by atoms with Crippen molar-refractivity contribution in [2.75, 3.05) is 13.6 Å². The maximum atomic E-state index is 9.87. The van der Waals surface area contributed by atoms with E-state index in [1.54, 1.807) is 0 Å². The second kappa shape index (κ2) is 4.79. The predicted octanol–water partition coefficient (Wildman–Crippen LogP) is 5.23. The third-order valence-electron chi connectivity index (χ3n) is 2.33. The van der Waals surface area contributed by atoms with Crippen LogP contribution in [-0.4, -0.2) is 29.6 Å². The first-order chi connectivity index (χ1) is 7.70. The molecule has 0 aliphatic carbocycles. The van der Waals surface area contributed by atoms with Crippen molar-refractivity contribution in [1.82, 2.24) is 9.80 Å². The van der Waals surface area contributed by atoms with Gasteiger partial charge in [-0.05, 0) is 13.3 Å². The normalized spacial score (nSPS) is 23.3. The quantitative estimate of drug-likeness (QED) is 0.520. The van der Waals surface area contributed by atoms with E-state index in [1.165, 1.54) is 19.4 Å². The van der Waals surface area contributed by atoms with Crippen molar-refractivity contribution in [2.45, 2.75) is 32.9 Å². The molecule has 0 saturated heterocycles. The molecule has 0 bridgehead atoms. The first-order valence-corrected chi connectivity index (χ1v) is 7.46. The van der Waals surface area contributed by atoms with Crippen molar-refractivity contribution in [3.8, 4) is 0 Å². The molecule has 1 atom stereocenters. The van der Waals surface area contributed by atoms with Gasteiger partial charge in [-0.3, -0.25) is 0 Å². The van der Waals surface area contributed by atoms with Gasteiger partial charge in [-0.2, -0.15) is 0 Å². The Morgan fingerprint density at radius 2 is 1.50 bits per heavy atom. The van der Waals surface area contributed by atoms with Crippen molar-refractivity contribution in [3.63, 3.8) is 0 Å². The fourth-order valence-corrected chi connectivity index (χ4v) is 1.28. The van der Waals surface area contributed by atoms with Gasteiger partial charge < -0.3 is 9.80 Å². The topological polar surface area (TPSA) is 6.48 Å². The van der Waals surface area contributed by atoms with E-state index in [4.69, 9.17) is 0 Å². The summed E-state index contributed by atoms with van der Waals surface area (Å²) >= 11 is 0. The van der Waals surface area contributed by atoms with Gasteiger partial charge in [-0.1, -0.05) is 13.3 Å². The van der Waals surface area contributed by atoms with Crippen molar-refractivity contribution in [2.24, 2.45) is 0 Å².